The van der Waals surface area contributed by atoms with Crippen molar-refractivity contribution in [1.82, 2.24) is 5.32 Å². The van der Waals surface area contributed by atoms with Gasteiger partial charge in [0.2, 0.25) is 0 Å². The fourth-order valence-electron chi connectivity index (χ4n) is 0.653. The van der Waals surface area contributed by atoms with Crippen LogP contribution >= 0.6 is 0 Å². The highest BCUT2D eigenvalue weighted by molar-refractivity contribution is 7.90. The third kappa shape index (κ3) is 9.13. The van der Waals surface area contributed by atoms with Crippen LogP contribution < -0.4 is 11.1 Å². The van der Waals surface area contributed by atoms with E-state index in [1.807, 2.05) is 6.92 Å². The van der Waals surface area contributed by atoms with Crippen molar-refractivity contribution in [3.63, 3.8) is 0 Å². The molecule has 0 amide bonds. The summed E-state index contributed by atoms with van der Waals surface area (Å²) in [6, 6.07) is 0. The number of sulfone groups is 1. The highest BCUT2D eigenvalue weighted by Crippen LogP contribution is 1.80. The lowest BCUT2D eigenvalue weighted by molar-refractivity contribution is 0.600. The lowest BCUT2D eigenvalue weighted by Gasteiger charge is -2.03. The standard InChI is InChI=1S/C7H17N3O2S/c1-3-4-9-7(8)10-5-6-13(2,11)12/h3-6H2,1-2H3,(H3,8,9,10). The lowest BCUT2D eigenvalue weighted by atomic mass is 10.5. The Balaban J connectivity index is 3.65. The van der Waals surface area contributed by atoms with Crippen molar-refractivity contribution in [2.45, 2.75) is 13.3 Å². The number of hydrogen-bond acceptors (Lipinski definition) is 3. The molecular weight excluding hydrogens is 190 g/mol. The fraction of sp³-hybridized carbons (Fsp3) is 0.857. The number of guanidine groups is 1. The highest BCUT2D eigenvalue weighted by atomic mass is 32.2. The third-order valence-corrected chi connectivity index (χ3v) is 2.23. The van der Waals surface area contributed by atoms with Gasteiger partial charge in [0.05, 0.1) is 5.75 Å². The molecule has 0 saturated carbocycles. The first-order chi connectivity index (χ1) is 5.95. The summed E-state index contributed by atoms with van der Waals surface area (Å²) in [6.07, 6.45) is 2.11. The Bertz CT molecular complexity index is 259. The summed E-state index contributed by atoms with van der Waals surface area (Å²) in [6.45, 7) is 2.98. The topological polar surface area (TPSA) is 84.5 Å². The Labute approximate surface area is 79.3 Å². The summed E-state index contributed by atoms with van der Waals surface area (Å²) in [5, 5.41) is 2.72. The predicted octanol–water partition coefficient (Wildman–Crippen LogP) is -0.655. The van der Waals surface area contributed by atoms with E-state index in [1.165, 1.54) is 6.26 Å². The first-order valence-electron chi connectivity index (χ1n) is 4.17. The van der Waals surface area contributed by atoms with Gasteiger partial charge >= 0.3 is 0 Å². The molecule has 5 nitrogen and oxygen atoms in total. The van der Waals surface area contributed by atoms with Crippen molar-refractivity contribution in [3.8, 4) is 0 Å². The molecule has 0 rings (SSSR count). The minimum Gasteiger partial charge on any atom is -0.370 e. The van der Waals surface area contributed by atoms with E-state index in [0.717, 1.165) is 6.42 Å². The van der Waals surface area contributed by atoms with E-state index >= 15 is 0 Å². The second-order valence-corrected chi connectivity index (χ2v) is 5.08. The second-order valence-electron chi connectivity index (χ2n) is 2.82. The van der Waals surface area contributed by atoms with Gasteiger partial charge in [-0.2, -0.15) is 0 Å². The lowest BCUT2D eigenvalue weighted by Crippen LogP contribution is -2.35. The van der Waals surface area contributed by atoms with Crippen LogP contribution in [0.3, 0.4) is 0 Å². The number of hydrogen-bond donors (Lipinski definition) is 2. The van der Waals surface area contributed by atoms with E-state index in [9.17, 15) is 8.42 Å². The molecule has 0 aliphatic rings. The molecule has 0 aromatic heterocycles. The smallest absolute Gasteiger partial charge is 0.188 e. The summed E-state index contributed by atoms with van der Waals surface area (Å²) in [5.41, 5.74) is 5.43. The van der Waals surface area contributed by atoms with E-state index in [2.05, 4.69) is 10.3 Å². The van der Waals surface area contributed by atoms with Crippen LogP contribution in [-0.2, 0) is 9.84 Å². The van der Waals surface area contributed by atoms with Gasteiger partial charge in [-0.25, -0.2) is 8.42 Å². The first-order valence-corrected chi connectivity index (χ1v) is 6.23. The highest BCUT2D eigenvalue weighted by Gasteiger charge is 2.00. The molecule has 0 aliphatic heterocycles. The molecule has 6 heteroatoms. The molecule has 3 N–H and O–H groups in total. The van der Waals surface area contributed by atoms with Crippen LogP contribution in [0.1, 0.15) is 13.3 Å². The van der Waals surface area contributed by atoms with E-state index < -0.39 is 9.84 Å². The Morgan fingerprint density at radius 1 is 1.54 bits per heavy atom. The third-order valence-electron chi connectivity index (χ3n) is 1.28. The predicted molar refractivity (Wildman–Crippen MR) is 54.5 cm³/mol. The van der Waals surface area contributed by atoms with Gasteiger partial charge < -0.3 is 11.1 Å². The van der Waals surface area contributed by atoms with Crippen LogP contribution in [-0.4, -0.2) is 39.5 Å². The van der Waals surface area contributed by atoms with Crippen molar-refractivity contribution in [1.29, 1.82) is 0 Å². The van der Waals surface area contributed by atoms with Gasteiger partial charge in [0, 0.05) is 19.3 Å². The summed E-state index contributed by atoms with van der Waals surface area (Å²) in [7, 11) is -2.91. The number of nitrogens with one attached hydrogen (secondary N) is 1. The van der Waals surface area contributed by atoms with Crippen molar-refractivity contribution in [3.05, 3.63) is 0 Å². The zero-order valence-electron chi connectivity index (χ0n) is 8.08. The van der Waals surface area contributed by atoms with Crippen molar-refractivity contribution >= 4 is 15.8 Å². The van der Waals surface area contributed by atoms with Gasteiger partial charge in [0.25, 0.3) is 0 Å². The minimum absolute atomic E-state index is 0.0787. The van der Waals surface area contributed by atoms with Crippen LogP contribution in [0.2, 0.25) is 0 Å². The number of rotatable bonds is 5. The maximum absolute atomic E-state index is 10.7. The SMILES string of the molecule is CCCN=C(N)NCCS(C)(=O)=O. The minimum atomic E-state index is -2.91. The molecule has 0 aromatic rings. The molecule has 0 bridgehead atoms. The molecule has 0 saturated heterocycles. The van der Waals surface area contributed by atoms with Crippen LogP contribution in [0.25, 0.3) is 0 Å². The molecule has 78 valence electrons. The summed E-state index contributed by atoms with van der Waals surface area (Å²) < 4.78 is 21.4. The fourth-order valence-corrected chi connectivity index (χ4v) is 1.13. The second kappa shape index (κ2) is 5.80. The van der Waals surface area contributed by atoms with Gasteiger partial charge in [-0.05, 0) is 6.42 Å². The molecule has 0 aliphatic carbocycles. The summed E-state index contributed by atoms with van der Waals surface area (Å²) in [4.78, 5) is 3.95. The van der Waals surface area contributed by atoms with Gasteiger partial charge in [0.15, 0.2) is 5.96 Å². The van der Waals surface area contributed by atoms with Gasteiger partial charge in [-0.15, -0.1) is 0 Å². The monoisotopic (exact) mass is 207 g/mol. The average molecular weight is 207 g/mol. The Hall–Kier alpha value is -0.780. The molecular formula is C7H17N3O2S. The van der Waals surface area contributed by atoms with Crippen molar-refractivity contribution < 1.29 is 8.42 Å². The van der Waals surface area contributed by atoms with Crippen molar-refractivity contribution in [2.75, 3.05) is 25.1 Å². The molecule has 0 unspecified atom stereocenters. The maximum atomic E-state index is 10.7. The van der Waals surface area contributed by atoms with Crippen LogP contribution in [0, 0.1) is 0 Å². The Morgan fingerprint density at radius 3 is 2.62 bits per heavy atom. The molecule has 13 heavy (non-hydrogen) atoms. The quantitative estimate of drug-likeness (QED) is 0.463. The zero-order valence-corrected chi connectivity index (χ0v) is 8.89. The van der Waals surface area contributed by atoms with E-state index in [4.69, 9.17) is 5.73 Å². The first kappa shape index (κ1) is 12.2. The van der Waals surface area contributed by atoms with E-state index in [0.29, 0.717) is 19.0 Å². The van der Waals surface area contributed by atoms with Gasteiger partial charge in [-0.3, -0.25) is 4.99 Å². The number of nitrogens with two attached hydrogens (primary N) is 1. The number of aliphatic imine (C=N–C) groups is 1. The van der Waals surface area contributed by atoms with Gasteiger partial charge in [0.1, 0.15) is 9.84 Å². The van der Waals surface area contributed by atoms with E-state index in [-0.39, 0.29) is 5.75 Å². The van der Waals surface area contributed by atoms with Crippen molar-refractivity contribution in [2.24, 2.45) is 10.7 Å². The van der Waals surface area contributed by atoms with E-state index in [1.54, 1.807) is 0 Å². The summed E-state index contributed by atoms with van der Waals surface area (Å²) in [5.74, 6) is 0.389. The molecule has 0 heterocycles. The molecule has 0 radical (unpaired) electrons. The average Bonchev–Trinajstić information content (AvgIpc) is 1.98. The Morgan fingerprint density at radius 2 is 2.15 bits per heavy atom. The molecule has 0 aromatic carbocycles. The maximum Gasteiger partial charge on any atom is 0.188 e. The molecule has 0 spiro atoms. The largest absolute Gasteiger partial charge is 0.370 e. The van der Waals surface area contributed by atoms with Crippen LogP contribution in [0.4, 0.5) is 0 Å². The number of nitrogens with zero attached hydrogens (tertiary/aromatic N) is 1. The zero-order chi connectivity index (χ0) is 10.3. The summed E-state index contributed by atoms with van der Waals surface area (Å²) >= 11 is 0. The van der Waals surface area contributed by atoms with Gasteiger partial charge in [-0.1, -0.05) is 6.92 Å². The normalized spacial score (nSPS) is 12.9. The van der Waals surface area contributed by atoms with Crippen LogP contribution in [0.15, 0.2) is 4.99 Å². The van der Waals surface area contributed by atoms with Crippen LogP contribution in [0.5, 0.6) is 0 Å². The Kier molecular flexibility index (Phi) is 5.45. The molecule has 0 atom stereocenters. The molecule has 0 fully saturated rings.